The first kappa shape index (κ1) is 12.4. The molecule has 2 aromatic rings. The molecule has 0 radical (unpaired) electrons. The third kappa shape index (κ3) is 2.19. The fourth-order valence-electron chi connectivity index (χ4n) is 2.44. The average molecular weight is 281 g/mol. The van der Waals surface area contributed by atoms with Crippen molar-refractivity contribution in [1.29, 1.82) is 0 Å². The zero-order chi connectivity index (χ0) is 13.4. The van der Waals surface area contributed by atoms with Crippen molar-refractivity contribution >= 4 is 23.1 Å². The number of fused-ring (bicyclic) bond motifs is 1. The van der Waals surface area contributed by atoms with Crippen LogP contribution in [0.1, 0.15) is 34.9 Å². The second-order valence-corrected chi connectivity index (χ2v) is 4.98. The first-order chi connectivity index (χ1) is 9.16. The number of aromatic nitrogens is 2. The quantitative estimate of drug-likeness (QED) is 0.918. The van der Waals surface area contributed by atoms with Crippen molar-refractivity contribution < 1.29 is 14.6 Å². The zero-order valence-electron chi connectivity index (χ0n) is 10.2. The second kappa shape index (κ2) is 4.83. The summed E-state index contributed by atoms with van der Waals surface area (Å²) >= 11 is 6.12. The highest BCUT2D eigenvalue weighted by atomic mass is 35.5. The number of carboxylic acids is 1. The van der Waals surface area contributed by atoms with Crippen LogP contribution in [0.4, 0.5) is 0 Å². The SMILES string of the molecule is O=C(O)c1ccc2c(Cl)nc(C3CCOCC3)n2c1. The molecule has 0 atom stereocenters. The Morgan fingerprint density at radius 2 is 2.16 bits per heavy atom. The van der Waals surface area contributed by atoms with E-state index in [0.717, 1.165) is 24.2 Å². The number of pyridine rings is 1. The third-order valence-electron chi connectivity index (χ3n) is 3.45. The number of rotatable bonds is 2. The summed E-state index contributed by atoms with van der Waals surface area (Å²) in [6, 6.07) is 3.24. The Bertz CT molecular complexity index is 632. The van der Waals surface area contributed by atoms with Gasteiger partial charge in [0.1, 0.15) is 5.82 Å². The maximum Gasteiger partial charge on any atom is 0.337 e. The van der Waals surface area contributed by atoms with Gasteiger partial charge in [-0.2, -0.15) is 0 Å². The van der Waals surface area contributed by atoms with E-state index >= 15 is 0 Å². The van der Waals surface area contributed by atoms with Crippen LogP contribution in [0.5, 0.6) is 0 Å². The standard InChI is InChI=1S/C13H13ClN2O3/c14-11-10-2-1-9(13(17)18)7-16(10)12(15-11)8-3-5-19-6-4-8/h1-2,7-8H,3-6H2,(H,17,18). The summed E-state index contributed by atoms with van der Waals surface area (Å²) in [6.07, 6.45) is 3.35. The Morgan fingerprint density at radius 1 is 1.42 bits per heavy atom. The lowest BCUT2D eigenvalue weighted by Gasteiger charge is -2.20. The second-order valence-electron chi connectivity index (χ2n) is 4.63. The summed E-state index contributed by atoms with van der Waals surface area (Å²) in [4.78, 5) is 15.4. The maximum atomic E-state index is 11.1. The Morgan fingerprint density at radius 3 is 2.84 bits per heavy atom. The number of hydrogen-bond acceptors (Lipinski definition) is 3. The number of nitrogens with zero attached hydrogens (tertiary/aromatic N) is 2. The lowest BCUT2D eigenvalue weighted by molar-refractivity contribution is 0.0696. The molecule has 1 aliphatic rings. The van der Waals surface area contributed by atoms with E-state index in [1.807, 2.05) is 0 Å². The molecule has 100 valence electrons. The highest BCUT2D eigenvalue weighted by Crippen LogP contribution is 2.30. The zero-order valence-corrected chi connectivity index (χ0v) is 10.9. The van der Waals surface area contributed by atoms with Crippen LogP contribution in [0.2, 0.25) is 5.15 Å². The van der Waals surface area contributed by atoms with Gasteiger partial charge >= 0.3 is 5.97 Å². The molecule has 1 N–H and O–H groups in total. The van der Waals surface area contributed by atoms with Crippen molar-refractivity contribution in [3.8, 4) is 0 Å². The molecule has 0 spiro atoms. The molecule has 1 aliphatic heterocycles. The number of imidazole rings is 1. The van der Waals surface area contributed by atoms with Gasteiger partial charge in [0.05, 0.1) is 11.1 Å². The fourth-order valence-corrected chi connectivity index (χ4v) is 2.68. The van der Waals surface area contributed by atoms with Gasteiger partial charge in [0.2, 0.25) is 0 Å². The van der Waals surface area contributed by atoms with E-state index in [-0.39, 0.29) is 11.5 Å². The lowest BCUT2D eigenvalue weighted by Crippen LogP contribution is -2.16. The summed E-state index contributed by atoms with van der Waals surface area (Å²) in [5.41, 5.74) is 0.975. The van der Waals surface area contributed by atoms with Crippen LogP contribution in [0.3, 0.4) is 0 Å². The van der Waals surface area contributed by atoms with Crippen LogP contribution >= 0.6 is 11.6 Å². The largest absolute Gasteiger partial charge is 0.478 e. The van der Waals surface area contributed by atoms with Gasteiger partial charge in [-0.25, -0.2) is 9.78 Å². The Kier molecular flexibility index (Phi) is 3.16. The van der Waals surface area contributed by atoms with Gasteiger partial charge in [-0.1, -0.05) is 11.6 Å². The van der Waals surface area contributed by atoms with Crippen LogP contribution in [-0.2, 0) is 4.74 Å². The van der Waals surface area contributed by atoms with Crippen LogP contribution in [-0.4, -0.2) is 33.7 Å². The molecule has 0 aromatic carbocycles. The van der Waals surface area contributed by atoms with Gasteiger partial charge in [0.25, 0.3) is 0 Å². The first-order valence-corrected chi connectivity index (χ1v) is 6.53. The number of hydrogen-bond donors (Lipinski definition) is 1. The molecular formula is C13H13ClN2O3. The molecule has 0 unspecified atom stereocenters. The number of carbonyl (C=O) groups is 1. The number of aromatic carboxylic acids is 1. The van der Waals surface area contributed by atoms with E-state index in [9.17, 15) is 4.79 Å². The summed E-state index contributed by atoms with van der Waals surface area (Å²) in [5.74, 6) is 0.133. The minimum atomic E-state index is -0.954. The van der Waals surface area contributed by atoms with E-state index in [1.54, 1.807) is 22.7 Å². The van der Waals surface area contributed by atoms with E-state index in [4.69, 9.17) is 21.4 Å². The number of halogens is 1. The normalized spacial score (nSPS) is 16.9. The maximum absolute atomic E-state index is 11.1. The predicted octanol–water partition coefficient (Wildman–Crippen LogP) is 2.58. The molecule has 0 amide bonds. The summed E-state index contributed by atoms with van der Waals surface area (Å²) in [6.45, 7) is 1.41. The Hall–Kier alpha value is -1.59. The molecular weight excluding hydrogens is 268 g/mol. The van der Waals surface area contributed by atoms with Crippen LogP contribution in [0, 0.1) is 0 Å². The van der Waals surface area contributed by atoms with E-state index in [0.29, 0.717) is 18.4 Å². The van der Waals surface area contributed by atoms with Gasteiger partial charge < -0.3 is 14.2 Å². The molecule has 6 heteroatoms. The summed E-state index contributed by atoms with van der Waals surface area (Å²) in [7, 11) is 0. The third-order valence-corrected chi connectivity index (χ3v) is 3.73. The molecule has 1 saturated heterocycles. The Labute approximate surface area is 114 Å². The van der Waals surface area contributed by atoms with Crippen molar-refractivity contribution in [2.75, 3.05) is 13.2 Å². The van der Waals surface area contributed by atoms with Crippen LogP contribution in [0.15, 0.2) is 18.3 Å². The van der Waals surface area contributed by atoms with Gasteiger partial charge in [-0.15, -0.1) is 0 Å². The minimum Gasteiger partial charge on any atom is -0.478 e. The first-order valence-electron chi connectivity index (χ1n) is 6.15. The highest BCUT2D eigenvalue weighted by molar-refractivity contribution is 6.32. The molecule has 0 saturated carbocycles. The van der Waals surface area contributed by atoms with E-state index < -0.39 is 5.97 Å². The van der Waals surface area contributed by atoms with Crippen molar-refractivity contribution in [2.45, 2.75) is 18.8 Å². The smallest absolute Gasteiger partial charge is 0.337 e. The molecule has 3 heterocycles. The number of ether oxygens (including phenoxy) is 1. The lowest BCUT2D eigenvalue weighted by atomic mass is 9.99. The van der Waals surface area contributed by atoms with E-state index in [1.165, 1.54) is 0 Å². The van der Waals surface area contributed by atoms with Gasteiger partial charge in [0, 0.05) is 25.3 Å². The summed E-state index contributed by atoms with van der Waals surface area (Å²) < 4.78 is 7.13. The fraction of sp³-hybridized carbons (Fsp3) is 0.385. The highest BCUT2D eigenvalue weighted by Gasteiger charge is 2.22. The average Bonchev–Trinajstić information content (AvgIpc) is 2.77. The molecule has 5 nitrogen and oxygen atoms in total. The molecule has 0 aliphatic carbocycles. The van der Waals surface area contributed by atoms with Crippen molar-refractivity contribution in [1.82, 2.24) is 9.38 Å². The van der Waals surface area contributed by atoms with Gasteiger partial charge in [-0.05, 0) is 25.0 Å². The monoisotopic (exact) mass is 280 g/mol. The minimum absolute atomic E-state index is 0.231. The van der Waals surface area contributed by atoms with Crippen molar-refractivity contribution in [3.63, 3.8) is 0 Å². The molecule has 1 fully saturated rings. The predicted molar refractivity (Wildman–Crippen MR) is 70.0 cm³/mol. The van der Waals surface area contributed by atoms with Gasteiger partial charge in [0.15, 0.2) is 5.15 Å². The summed E-state index contributed by atoms with van der Waals surface area (Å²) in [5, 5.41) is 9.48. The van der Waals surface area contributed by atoms with Crippen molar-refractivity contribution in [2.24, 2.45) is 0 Å². The van der Waals surface area contributed by atoms with E-state index in [2.05, 4.69) is 4.98 Å². The van der Waals surface area contributed by atoms with Crippen LogP contribution in [0.25, 0.3) is 5.52 Å². The number of carboxylic acid groups (broad SMARTS) is 1. The van der Waals surface area contributed by atoms with Gasteiger partial charge in [-0.3, -0.25) is 0 Å². The van der Waals surface area contributed by atoms with Crippen LogP contribution < -0.4 is 0 Å². The molecule has 0 bridgehead atoms. The molecule has 19 heavy (non-hydrogen) atoms. The van der Waals surface area contributed by atoms with Crippen molar-refractivity contribution in [3.05, 3.63) is 34.9 Å². The molecule has 2 aromatic heterocycles. The molecule has 3 rings (SSSR count). The Balaban J connectivity index is 2.12. The topological polar surface area (TPSA) is 63.8 Å².